The number of sulfone groups is 1. The van der Waals surface area contributed by atoms with Crippen LogP contribution in [0.25, 0.3) is 0 Å². The van der Waals surface area contributed by atoms with Gasteiger partial charge in [0.25, 0.3) is 0 Å². The Morgan fingerprint density at radius 3 is 2.44 bits per heavy atom. The van der Waals surface area contributed by atoms with Crippen molar-refractivity contribution in [3.63, 3.8) is 0 Å². The number of hydrogen-bond donors (Lipinski definition) is 4. The van der Waals surface area contributed by atoms with E-state index in [4.69, 9.17) is 12.6 Å². The lowest BCUT2D eigenvalue weighted by Crippen LogP contribution is -2.51. The fourth-order valence-corrected chi connectivity index (χ4v) is 8.29. The van der Waals surface area contributed by atoms with Gasteiger partial charge < -0.3 is 15.5 Å². The second-order valence-corrected chi connectivity index (χ2v) is 16.2. The van der Waals surface area contributed by atoms with Gasteiger partial charge in [-0.05, 0) is 65.1 Å². The number of rotatable bonds is 10. The number of carbonyl (C=O) groups excluding carboxylic acids is 2. The van der Waals surface area contributed by atoms with Crippen LogP contribution < -0.4 is 20.9 Å². The fourth-order valence-electron chi connectivity index (χ4n) is 7.11. The molecule has 17 heteroatoms. The number of halogens is 3. The van der Waals surface area contributed by atoms with Crippen LogP contribution in [0.4, 0.5) is 36.3 Å². The van der Waals surface area contributed by atoms with Gasteiger partial charge in [-0.25, -0.2) is 13.4 Å². The number of fused-ring (bicyclic) bond motifs is 1. The smallest absolute Gasteiger partial charge is 0.369 e. The second-order valence-electron chi connectivity index (χ2n) is 13.7. The number of nitrogens with zero attached hydrogens (tertiary/aromatic N) is 5. The summed E-state index contributed by atoms with van der Waals surface area (Å²) in [5, 5.41) is 7.92. The highest BCUT2D eigenvalue weighted by atomic mass is 32.2. The minimum Gasteiger partial charge on any atom is -0.369 e. The van der Waals surface area contributed by atoms with E-state index in [0.29, 0.717) is 36.8 Å². The summed E-state index contributed by atoms with van der Waals surface area (Å²) in [6.07, 6.45) is -2.13. The van der Waals surface area contributed by atoms with Gasteiger partial charge in [-0.15, -0.1) is 0 Å². The molecule has 2 saturated heterocycles. The Labute approximate surface area is 316 Å². The number of anilines is 4. The van der Waals surface area contributed by atoms with E-state index in [9.17, 15) is 31.2 Å². The van der Waals surface area contributed by atoms with Crippen molar-refractivity contribution in [3.8, 4) is 0 Å². The van der Waals surface area contributed by atoms with Crippen molar-refractivity contribution in [1.82, 2.24) is 25.1 Å². The van der Waals surface area contributed by atoms with Gasteiger partial charge in [0.2, 0.25) is 17.8 Å². The Hall–Kier alpha value is -4.71. The molecule has 54 heavy (non-hydrogen) atoms. The van der Waals surface area contributed by atoms with Crippen molar-refractivity contribution < 1.29 is 31.2 Å². The van der Waals surface area contributed by atoms with Gasteiger partial charge in [0.1, 0.15) is 11.4 Å². The molecule has 0 saturated carbocycles. The van der Waals surface area contributed by atoms with Crippen molar-refractivity contribution >= 4 is 57.4 Å². The third kappa shape index (κ3) is 8.33. The molecule has 12 nitrogen and oxygen atoms in total. The molecule has 2 unspecified atom stereocenters. The third-order valence-corrected chi connectivity index (χ3v) is 11.7. The van der Waals surface area contributed by atoms with Crippen LogP contribution in [0.5, 0.6) is 0 Å². The lowest BCUT2D eigenvalue weighted by atomic mass is 10.0. The zero-order valence-electron chi connectivity index (χ0n) is 29.3. The van der Waals surface area contributed by atoms with Gasteiger partial charge in [0, 0.05) is 76.1 Å². The number of benzene rings is 3. The molecule has 1 aromatic heterocycles. The number of alkyl halides is 3. The molecule has 3 N–H and O–H groups in total. The van der Waals surface area contributed by atoms with Crippen LogP contribution in [0.1, 0.15) is 46.0 Å². The Bertz CT molecular complexity index is 2160. The first-order valence-electron chi connectivity index (χ1n) is 17.4. The van der Waals surface area contributed by atoms with Crippen molar-refractivity contribution in [2.75, 3.05) is 48.0 Å². The highest BCUT2D eigenvalue weighted by Crippen LogP contribution is 2.41. The first-order valence-corrected chi connectivity index (χ1v) is 19.8. The van der Waals surface area contributed by atoms with E-state index in [1.54, 1.807) is 6.07 Å². The molecule has 2 fully saturated rings. The molecule has 2 amide bonds. The van der Waals surface area contributed by atoms with E-state index in [0.717, 1.165) is 50.2 Å². The molecular weight excluding hydrogens is 742 g/mol. The minimum atomic E-state index is -4.71. The largest absolute Gasteiger partial charge is 0.421 e. The highest BCUT2D eigenvalue weighted by Gasteiger charge is 2.40. The molecule has 2 atom stereocenters. The second kappa shape index (κ2) is 15.2. The monoisotopic (exact) mass is 780 g/mol. The summed E-state index contributed by atoms with van der Waals surface area (Å²) in [6, 6.07) is 19.3. The Morgan fingerprint density at radius 1 is 1.00 bits per heavy atom. The summed E-state index contributed by atoms with van der Waals surface area (Å²) in [5.74, 6) is -0.963. The maximum atomic E-state index is 13.8. The summed E-state index contributed by atoms with van der Waals surface area (Å²) < 4.78 is 65.3. The first-order chi connectivity index (χ1) is 25.7. The van der Waals surface area contributed by atoms with Crippen molar-refractivity contribution in [2.45, 2.75) is 55.0 Å². The van der Waals surface area contributed by atoms with Crippen LogP contribution in [-0.4, -0.2) is 78.5 Å². The van der Waals surface area contributed by atoms with Crippen molar-refractivity contribution in [2.24, 2.45) is 0 Å². The minimum absolute atomic E-state index is 0.0337. The fraction of sp³-hybridized carbons (Fsp3) is 0.351. The Balaban J connectivity index is 0.956. The van der Waals surface area contributed by atoms with Gasteiger partial charge in [-0.1, -0.05) is 30.3 Å². The molecule has 4 heterocycles. The van der Waals surface area contributed by atoms with E-state index in [2.05, 4.69) is 52.8 Å². The lowest BCUT2D eigenvalue weighted by Gasteiger charge is -2.36. The van der Waals surface area contributed by atoms with Gasteiger partial charge in [-0.2, -0.15) is 30.8 Å². The van der Waals surface area contributed by atoms with Crippen LogP contribution in [0, 0.1) is 0 Å². The Kier molecular flexibility index (Phi) is 10.6. The number of thiol groups is 1. The van der Waals surface area contributed by atoms with Crippen LogP contribution in [0.15, 0.2) is 77.8 Å². The predicted octanol–water partition coefficient (Wildman–Crippen LogP) is 5.13. The maximum Gasteiger partial charge on any atom is 0.421 e. The average molecular weight is 781 g/mol. The molecule has 284 valence electrons. The summed E-state index contributed by atoms with van der Waals surface area (Å²) in [4.78, 5) is 39.1. The van der Waals surface area contributed by atoms with E-state index in [1.807, 2.05) is 30.3 Å². The van der Waals surface area contributed by atoms with Gasteiger partial charge in [-0.3, -0.25) is 24.7 Å². The lowest BCUT2D eigenvalue weighted by molar-refractivity contribution is -0.138. The summed E-state index contributed by atoms with van der Waals surface area (Å²) >= 11 is 4.86. The van der Waals surface area contributed by atoms with Gasteiger partial charge in [0.05, 0.1) is 16.3 Å². The molecule has 0 bridgehead atoms. The normalized spacial score (nSPS) is 19.8. The molecule has 3 aliphatic rings. The number of aromatic nitrogens is 2. The zero-order valence-corrected chi connectivity index (χ0v) is 31.0. The zero-order chi connectivity index (χ0) is 38.2. The Morgan fingerprint density at radius 2 is 1.74 bits per heavy atom. The predicted molar refractivity (Wildman–Crippen MR) is 201 cm³/mol. The van der Waals surface area contributed by atoms with Crippen molar-refractivity contribution in [1.29, 1.82) is 0 Å². The van der Waals surface area contributed by atoms with Crippen LogP contribution >= 0.6 is 12.6 Å². The number of piperazine rings is 1. The quantitative estimate of drug-likeness (QED) is 0.126. The van der Waals surface area contributed by atoms with Crippen LogP contribution in [-0.2, 0) is 45.2 Å². The summed E-state index contributed by atoms with van der Waals surface area (Å²) in [7, 11) is -3.48. The number of piperidine rings is 1. The van der Waals surface area contributed by atoms with E-state index >= 15 is 0 Å². The van der Waals surface area contributed by atoms with Crippen molar-refractivity contribution in [3.05, 3.63) is 101 Å². The molecule has 4 aromatic rings. The third-order valence-electron chi connectivity index (χ3n) is 9.99. The molecule has 3 aromatic carbocycles. The first kappa shape index (κ1) is 37.6. The molecule has 0 aliphatic carbocycles. The molecular formula is C37H39F3N8O4S2. The van der Waals surface area contributed by atoms with Gasteiger partial charge in [0.15, 0.2) is 9.84 Å². The van der Waals surface area contributed by atoms with E-state index < -0.39 is 33.4 Å². The number of carbonyl (C=O) groups is 2. The number of amides is 2. The standard InChI is InChI=1S/C37H39F3N8O4S2/c1-54(51,52)27-6-2-4-23(18-27)19-41-33-30(37(38,39)40)20-42-36(45-33)43-25-8-10-26(11-9-25)47-16-14-46(15-17-47)21-24-5-3-7-28-29(24)22-48(35(28)53)31-12-13-32(49)44-34(31)50/h2-11,18,20,31,35,53H,12-17,19,21-22H2,1H3,(H,44,49,50)(H2,41,42,43,45). The summed E-state index contributed by atoms with van der Waals surface area (Å²) in [5.41, 5.74) is 4.52. The molecule has 0 radical (unpaired) electrons. The topological polar surface area (TPSA) is 140 Å². The number of hydrogen-bond acceptors (Lipinski definition) is 12. The van der Waals surface area contributed by atoms with Crippen LogP contribution in [0.2, 0.25) is 0 Å². The SMILES string of the molecule is CS(=O)(=O)c1cccc(CNc2nc(Nc3ccc(N4CCN(Cc5cccc6c5CN(C5CCC(=O)NC5=O)C6S)CC4)cc3)ncc2C(F)(F)F)c1. The van der Waals surface area contributed by atoms with Crippen LogP contribution in [0.3, 0.4) is 0 Å². The summed E-state index contributed by atoms with van der Waals surface area (Å²) in [6.45, 7) is 4.53. The van der Waals surface area contributed by atoms with E-state index in [-0.39, 0.29) is 34.6 Å². The van der Waals surface area contributed by atoms with Gasteiger partial charge >= 0.3 is 6.18 Å². The van der Waals surface area contributed by atoms with E-state index in [1.165, 1.54) is 29.3 Å². The number of nitrogens with one attached hydrogen (secondary N) is 3. The number of imide groups is 1. The average Bonchev–Trinajstić information content (AvgIpc) is 3.47. The maximum absolute atomic E-state index is 13.8. The molecule has 0 spiro atoms. The molecule has 7 rings (SSSR count). The molecule has 3 aliphatic heterocycles. The highest BCUT2D eigenvalue weighted by molar-refractivity contribution is 7.90.